The van der Waals surface area contributed by atoms with Crippen molar-refractivity contribution in [3.05, 3.63) is 158 Å². The quantitative estimate of drug-likeness (QED) is 0.0261. The van der Waals surface area contributed by atoms with E-state index in [9.17, 15) is 14.4 Å². The third kappa shape index (κ3) is 67.7. The van der Waals surface area contributed by atoms with Crippen LogP contribution in [-0.2, 0) is 28.6 Å². The van der Waals surface area contributed by atoms with Gasteiger partial charge in [0.1, 0.15) is 13.2 Å². The summed E-state index contributed by atoms with van der Waals surface area (Å²) < 4.78 is 16.9. The van der Waals surface area contributed by atoms with Crippen molar-refractivity contribution in [2.75, 3.05) is 13.2 Å². The first kappa shape index (κ1) is 78.0. The smallest absolute Gasteiger partial charge is 0.306 e. The molecule has 0 N–H and O–H groups in total. The molecular formula is C77H124O6. The molecule has 0 bridgehead atoms. The van der Waals surface area contributed by atoms with E-state index in [1.165, 1.54) is 77.0 Å². The Kier molecular flexibility index (Phi) is 65.4. The molecule has 0 saturated heterocycles. The van der Waals surface area contributed by atoms with Crippen LogP contribution in [-0.4, -0.2) is 37.2 Å². The predicted molar refractivity (Wildman–Crippen MR) is 362 cm³/mol. The lowest BCUT2D eigenvalue weighted by molar-refractivity contribution is -0.167. The van der Waals surface area contributed by atoms with E-state index in [1.807, 2.05) is 0 Å². The molecule has 1 unspecified atom stereocenters. The molecule has 0 radical (unpaired) electrons. The second-order valence-corrected chi connectivity index (χ2v) is 22.0. The van der Waals surface area contributed by atoms with Gasteiger partial charge in [-0.15, -0.1) is 0 Å². The molecule has 83 heavy (non-hydrogen) atoms. The Labute approximate surface area is 511 Å². The number of hydrogen-bond donors (Lipinski definition) is 0. The molecule has 1 atom stereocenters. The third-order valence-corrected chi connectivity index (χ3v) is 14.0. The number of esters is 3. The van der Waals surface area contributed by atoms with Crippen molar-refractivity contribution in [3.8, 4) is 0 Å². The van der Waals surface area contributed by atoms with Crippen molar-refractivity contribution in [3.63, 3.8) is 0 Å². The molecule has 0 spiro atoms. The topological polar surface area (TPSA) is 78.9 Å². The summed E-state index contributed by atoms with van der Waals surface area (Å²) in [6, 6.07) is 0. The van der Waals surface area contributed by atoms with Crippen molar-refractivity contribution < 1.29 is 28.6 Å². The maximum Gasteiger partial charge on any atom is 0.306 e. The highest BCUT2D eigenvalue weighted by molar-refractivity contribution is 5.71. The van der Waals surface area contributed by atoms with E-state index in [4.69, 9.17) is 14.2 Å². The fourth-order valence-electron chi connectivity index (χ4n) is 8.97. The summed E-state index contributed by atoms with van der Waals surface area (Å²) >= 11 is 0. The fourth-order valence-corrected chi connectivity index (χ4v) is 8.97. The Bertz CT molecular complexity index is 1840. The standard InChI is InChI=1S/C77H124O6/c1-4-7-10-13-16-19-22-25-28-30-32-33-34-35-36-37-38-39-40-41-42-43-45-46-49-52-55-58-61-64-67-70-76(79)82-73-74(72-81-75(78)69-66-63-60-57-54-51-48-27-24-21-18-15-12-9-6-3)83-77(80)71-68-65-62-59-56-53-50-47-44-31-29-26-23-20-17-14-11-8-5-2/h7,9-10,12,16-21,25-29,32-33,35-36,38-39,41-42,44,47-48,74H,4-6,8,11,13-15,22-24,30-31,34,37,40,43,45-46,49-73H2,1-3H3/b10-7-,12-9-,19-16-,20-17-,21-18-,28-25-,29-26-,33-32-,36-35-,39-38-,42-41-,47-44-,48-27-. The molecule has 0 aliphatic rings. The number of hydrogen-bond acceptors (Lipinski definition) is 6. The zero-order chi connectivity index (χ0) is 59.9. The Balaban J connectivity index is 4.38. The molecule has 0 saturated carbocycles. The highest BCUT2D eigenvalue weighted by Gasteiger charge is 2.19. The molecular weight excluding hydrogens is 1020 g/mol. The van der Waals surface area contributed by atoms with Crippen LogP contribution in [0.1, 0.15) is 290 Å². The van der Waals surface area contributed by atoms with Crippen LogP contribution in [0, 0.1) is 0 Å². The Morgan fingerprint density at radius 1 is 0.253 bits per heavy atom. The van der Waals surface area contributed by atoms with E-state index in [0.717, 1.165) is 173 Å². The first-order chi connectivity index (χ1) is 41.0. The second-order valence-electron chi connectivity index (χ2n) is 22.0. The molecule has 0 aromatic carbocycles. The zero-order valence-electron chi connectivity index (χ0n) is 53.7. The normalized spacial score (nSPS) is 13.1. The Hall–Kier alpha value is -4.97. The van der Waals surface area contributed by atoms with Gasteiger partial charge < -0.3 is 14.2 Å². The highest BCUT2D eigenvalue weighted by atomic mass is 16.6. The van der Waals surface area contributed by atoms with Gasteiger partial charge >= 0.3 is 17.9 Å². The molecule has 0 aromatic rings. The lowest BCUT2D eigenvalue weighted by Crippen LogP contribution is -2.30. The summed E-state index contributed by atoms with van der Waals surface area (Å²) in [5.74, 6) is -0.932. The summed E-state index contributed by atoms with van der Waals surface area (Å²) in [5.41, 5.74) is 0. The monoisotopic (exact) mass is 1140 g/mol. The van der Waals surface area contributed by atoms with Gasteiger partial charge in [-0.25, -0.2) is 0 Å². The van der Waals surface area contributed by atoms with Crippen LogP contribution >= 0.6 is 0 Å². The lowest BCUT2D eigenvalue weighted by atomic mass is 10.1. The number of unbranched alkanes of at least 4 members (excludes halogenated alkanes) is 23. The summed E-state index contributed by atoms with van der Waals surface area (Å²) in [6.45, 7) is 6.36. The van der Waals surface area contributed by atoms with Gasteiger partial charge in [-0.2, -0.15) is 0 Å². The van der Waals surface area contributed by atoms with Gasteiger partial charge in [0.05, 0.1) is 0 Å². The number of ether oxygens (including phenoxy) is 3. The summed E-state index contributed by atoms with van der Waals surface area (Å²) in [6.07, 6.45) is 101. The molecule has 0 aliphatic carbocycles. The molecule has 6 heteroatoms. The Morgan fingerprint density at radius 2 is 0.470 bits per heavy atom. The number of carbonyl (C=O) groups is 3. The van der Waals surface area contributed by atoms with Gasteiger partial charge in [-0.3, -0.25) is 14.4 Å². The number of allylic oxidation sites excluding steroid dienone is 26. The van der Waals surface area contributed by atoms with Crippen LogP contribution in [0.3, 0.4) is 0 Å². The first-order valence-corrected chi connectivity index (χ1v) is 34.0. The SMILES string of the molecule is CC/C=C\C/C=C\C/C=C\C/C=C\C/C=C\C/C=C\C/C=C\CCCCCCCCCCCC(=O)OCC(COC(=O)CCCCCCC/C=C\C/C=C\C/C=C\CC)OC(=O)CCCCCCCC/C=C\C/C=C\C/C=C\CCCCC. The predicted octanol–water partition coefficient (Wildman–Crippen LogP) is 23.7. The average molecular weight is 1150 g/mol. The van der Waals surface area contributed by atoms with Crippen molar-refractivity contribution in [2.45, 2.75) is 297 Å². The maximum absolute atomic E-state index is 12.9. The van der Waals surface area contributed by atoms with E-state index in [-0.39, 0.29) is 31.1 Å². The van der Waals surface area contributed by atoms with Gasteiger partial charge in [0, 0.05) is 19.3 Å². The summed E-state index contributed by atoms with van der Waals surface area (Å²) in [7, 11) is 0. The minimum Gasteiger partial charge on any atom is -0.462 e. The minimum absolute atomic E-state index is 0.0978. The van der Waals surface area contributed by atoms with Crippen LogP contribution in [0.4, 0.5) is 0 Å². The van der Waals surface area contributed by atoms with Crippen LogP contribution in [0.2, 0.25) is 0 Å². The van der Waals surface area contributed by atoms with Gasteiger partial charge in [-0.05, 0) is 148 Å². The molecule has 0 aromatic heterocycles. The van der Waals surface area contributed by atoms with Crippen molar-refractivity contribution in [1.82, 2.24) is 0 Å². The third-order valence-electron chi connectivity index (χ3n) is 14.0. The van der Waals surface area contributed by atoms with Gasteiger partial charge in [0.15, 0.2) is 6.10 Å². The number of carbonyl (C=O) groups excluding carboxylic acids is 3. The first-order valence-electron chi connectivity index (χ1n) is 34.0. The van der Waals surface area contributed by atoms with E-state index in [1.54, 1.807) is 0 Å². The van der Waals surface area contributed by atoms with Gasteiger partial charge in [-0.1, -0.05) is 281 Å². The van der Waals surface area contributed by atoms with E-state index < -0.39 is 6.10 Å². The average Bonchev–Trinajstić information content (AvgIpc) is 3.49. The van der Waals surface area contributed by atoms with Crippen molar-refractivity contribution in [2.24, 2.45) is 0 Å². The molecule has 0 heterocycles. The maximum atomic E-state index is 12.9. The molecule has 0 rings (SSSR count). The summed E-state index contributed by atoms with van der Waals surface area (Å²) in [5, 5.41) is 0. The van der Waals surface area contributed by atoms with Crippen molar-refractivity contribution in [1.29, 1.82) is 0 Å². The molecule has 0 amide bonds. The summed E-state index contributed by atoms with van der Waals surface area (Å²) in [4.78, 5) is 38.4. The molecule has 6 nitrogen and oxygen atoms in total. The van der Waals surface area contributed by atoms with E-state index >= 15 is 0 Å². The van der Waals surface area contributed by atoms with Crippen molar-refractivity contribution >= 4 is 17.9 Å². The Morgan fingerprint density at radius 3 is 0.735 bits per heavy atom. The number of rotatable bonds is 60. The lowest BCUT2D eigenvalue weighted by Gasteiger charge is -2.18. The van der Waals surface area contributed by atoms with Crippen LogP contribution in [0.15, 0.2) is 158 Å². The van der Waals surface area contributed by atoms with Gasteiger partial charge in [0.2, 0.25) is 0 Å². The minimum atomic E-state index is -0.804. The second kappa shape index (κ2) is 69.5. The van der Waals surface area contributed by atoms with E-state index in [0.29, 0.717) is 19.3 Å². The molecule has 0 aliphatic heterocycles. The van der Waals surface area contributed by atoms with Crippen LogP contribution in [0.5, 0.6) is 0 Å². The van der Waals surface area contributed by atoms with Gasteiger partial charge in [0.25, 0.3) is 0 Å². The highest BCUT2D eigenvalue weighted by Crippen LogP contribution is 2.15. The van der Waals surface area contributed by atoms with Crippen LogP contribution in [0.25, 0.3) is 0 Å². The van der Waals surface area contributed by atoms with Crippen LogP contribution < -0.4 is 0 Å². The fraction of sp³-hybridized carbons (Fsp3) is 0.623. The molecule has 0 fully saturated rings. The van der Waals surface area contributed by atoms with E-state index in [2.05, 4.69) is 179 Å². The largest absolute Gasteiger partial charge is 0.462 e. The molecule has 468 valence electrons. The zero-order valence-corrected chi connectivity index (χ0v) is 53.7.